The Kier molecular flexibility index (Phi) is 3.06. The van der Waals surface area contributed by atoms with E-state index < -0.39 is 0 Å². The number of carbonyl (C=O) groups is 1. The molecule has 0 unspecified atom stereocenters. The van der Waals surface area contributed by atoms with Crippen LogP contribution in [0.15, 0.2) is 36.7 Å². The van der Waals surface area contributed by atoms with Crippen molar-refractivity contribution in [3.05, 3.63) is 53.1 Å². The van der Waals surface area contributed by atoms with Gasteiger partial charge in [0, 0.05) is 29.5 Å². The minimum Gasteiger partial charge on any atom is -0.328 e. The lowest BCUT2D eigenvalue weighted by Crippen LogP contribution is -2.10. The van der Waals surface area contributed by atoms with E-state index >= 15 is 0 Å². The van der Waals surface area contributed by atoms with Gasteiger partial charge in [0.25, 0.3) is 0 Å². The predicted octanol–water partition coefficient (Wildman–Crippen LogP) is 2.79. The number of nitrogens with zero attached hydrogens (tertiary/aromatic N) is 2. The van der Waals surface area contributed by atoms with Crippen molar-refractivity contribution in [2.45, 2.75) is 13.5 Å². The Labute approximate surface area is 98.7 Å². The van der Waals surface area contributed by atoms with Gasteiger partial charge in [-0.25, -0.2) is 4.98 Å². The zero-order chi connectivity index (χ0) is 11.5. The number of aryl methyl sites for hydroxylation is 1. The molecule has 0 N–H and O–H groups in total. The summed E-state index contributed by atoms with van der Waals surface area (Å²) in [5, 5.41) is 0.621. The van der Waals surface area contributed by atoms with Crippen LogP contribution in [0.2, 0.25) is 5.02 Å². The van der Waals surface area contributed by atoms with Crippen LogP contribution in [0.4, 0.5) is 0 Å². The second-order valence-electron chi connectivity index (χ2n) is 3.37. The first kappa shape index (κ1) is 10.9. The van der Waals surface area contributed by atoms with E-state index in [9.17, 15) is 4.79 Å². The number of halogens is 1. The molecular formula is C12H11ClN2O. The lowest BCUT2D eigenvalue weighted by Gasteiger charge is -2.03. The Bertz CT molecular complexity index is 502. The van der Waals surface area contributed by atoms with Gasteiger partial charge in [-0.2, -0.15) is 0 Å². The van der Waals surface area contributed by atoms with Crippen LogP contribution < -0.4 is 0 Å². The van der Waals surface area contributed by atoms with Gasteiger partial charge in [0.05, 0.1) is 0 Å². The molecule has 0 saturated heterocycles. The second kappa shape index (κ2) is 4.49. The number of carbonyl (C=O) groups excluding carboxylic acids is 1. The van der Waals surface area contributed by atoms with Gasteiger partial charge in [-0.3, -0.25) is 4.79 Å². The second-order valence-corrected chi connectivity index (χ2v) is 3.81. The van der Waals surface area contributed by atoms with E-state index in [2.05, 4.69) is 4.98 Å². The largest absolute Gasteiger partial charge is 0.328 e. The number of imidazole rings is 1. The maximum absolute atomic E-state index is 12.1. The molecular weight excluding hydrogens is 224 g/mol. The molecule has 2 aromatic rings. The summed E-state index contributed by atoms with van der Waals surface area (Å²) in [5.74, 6) is 0.383. The van der Waals surface area contributed by atoms with Crippen LogP contribution in [-0.4, -0.2) is 15.3 Å². The van der Waals surface area contributed by atoms with Gasteiger partial charge in [-0.15, -0.1) is 0 Å². The molecule has 0 aliphatic heterocycles. The van der Waals surface area contributed by atoms with Gasteiger partial charge in [-0.05, 0) is 31.2 Å². The van der Waals surface area contributed by atoms with Gasteiger partial charge in [0.1, 0.15) is 0 Å². The molecule has 2 rings (SSSR count). The molecule has 0 saturated carbocycles. The minimum atomic E-state index is -0.0801. The van der Waals surface area contributed by atoms with Gasteiger partial charge >= 0.3 is 0 Å². The minimum absolute atomic E-state index is 0.0801. The zero-order valence-corrected chi connectivity index (χ0v) is 9.61. The van der Waals surface area contributed by atoms with Crippen molar-refractivity contribution in [1.82, 2.24) is 9.55 Å². The molecule has 0 spiro atoms. The summed E-state index contributed by atoms with van der Waals surface area (Å²) in [6, 6.07) is 6.82. The normalized spacial score (nSPS) is 10.4. The fourth-order valence-electron chi connectivity index (χ4n) is 1.50. The smallest absolute Gasteiger partial charge is 0.228 e. The lowest BCUT2D eigenvalue weighted by atomic mass is 10.1. The number of hydrogen-bond acceptors (Lipinski definition) is 2. The molecule has 3 nitrogen and oxygen atoms in total. The highest BCUT2D eigenvalue weighted by Crippen LogP contribution is 2.13. The Hall–Kier alpha value is -1.61. The summed E-state index contributed by atoms with van der Waals surface area (Å²) in [7, 11) is 0. The molecule has 0 fully saturated rings. The molecule has 0 radical (unpaired) electrons. The molecule has 0 aliphatic carbocycles. The van der Waals surface area contributed by atoms with E-state index in [1.54, 1.807) is 36.7 Å². The third-order valence-electron chi connectivity index (χ3n) is 2.37. The molecule has 0 amide bonds. The van der Waals surface area contributed by atoms with E-state index in [1.807, 2.05) is 11.5 Å². The van der Waals surface area contributed by atoms with Crippen molar-refractivity contribution in [1.29, 1.82) is 0 Å². The zero-order valence-electron chi connectivity index (χ0n) is 8.85. The SMILES string of the molecule is CCn1ccnc1C(=O)c1ccc(Cl)cc1. The van der Waals surface area contributed by atoms with Crippen LogP contribution >= 0.6 is 11.6 Å². The van der Waals surface area contributed by atoms with E-state index in [-0.39, 0.29) is 5.78 Å². The van der Waals surface area contributed by atoms with E-state index in [0.717, 1.165) is 6.54 Å². The highest BCUT2D eigenvalue weighted by atomic mass is 35.5. The van der Waals surface area contributed by atoms with Crippen molar-refractivity contribution in [3.8, 4) is 0 Å². The summed E-state index contributed by atoms with van der Waals surface area (Å²) < 4.78 is 1.82. The molecule has 1 aromatic heterocycles. The number of rotatable bonds is 3. The van der Waals surface area contributed by atoms with Crippen LogP contribution in [0.25, 0.3) is 0 Å². The Morgan fingerprint density at radius 1 is 1.38 bits per heavy atom. The molecule has 1 heterocycles. The van der Waals surface area contributed by atoms with Gasteiger partial charge in [-0.1, -0.05) is 11.6 Å². The third-order valence-corrected chi connectivity index (χ3v) is 2.62. The van der Waals surface area contributed by atoms with Crippen LogP contribution in [0.3, 0.4) is 0 Å². The molecule has 0 aliphatic rings. The van der Waals surface area contributed by atoms with E-state index in [4.69, 9.17) is 11.6 Å². The molecule has 16 heavy (non-hydrogen) atoms. The molecule has 0 atom stereocenters. The lowest BCUT2D eigenvalue weighted by molar-refractivity contribution is 0.102. The van der Waals surface area contributed by atoms with E-state index in [0.29, 0.717) is 16.4 Å². The summed E-state index contributed by atoms with van der Waals surface area (Å²) >= 11 is 5.77. The number of aromatic nitrogens is 2. The average Bonchev–Trinajstić information content (AvgIpc) is 2.77. The standard InChI is InChI=1S/C12H11ClN2O/c1-2-15-8-7-14-12(15)11(16)9-3-5-10(13)6-4-9/h3-8H,2H2,1H3. The fourth-order valence-corrected chi connectivity index (χ4v) is 1.63. The Balaban J connectivity index is 2.35. The maximum atomic E-state index is 12.1. The monoisotopic (exact) mass is 234 g/mol. The van der Waals surface area contributed by atoms with Crippen molar-refractivity contribution >= 4 is 17.4 Å². The average molecular weight is 235 g/mol. The van der Waals surface area contributed by atoms with Crippen LogP contribution in [0.1, 0.15) is 23.1 Å². The topological polar surface area (TPSA) is 34.9 Å². The van der Waals surface area contributed by atoms with Crippen molar-refractivity contribution < 1.29 is 4.79 Å². The highest BCUT2D eigenvalue weighted by molar-refractivity contribution is 6.30. The summed E-state index contributed by atoms with van der Waals surface area (Å²) in [4.78, 5) is 16.1. The van der Waals surface area contributed by atoms with Crippen molar-refractivity contribution in [2.24, 2.45) is 0 Å². The number of hydrogen-bond donors (Lipinski definition) is 0. The first-order chi connectivity index (χ1) is 7.72. The molecule has 1 aromatic carbocycles. The molecule has 82 valence electrons. The highest BCUT2D eigenvalue weighted by Gasteiger charge is 2.13. The van der Waals surface area contributed by atoms with Crippen molar-refractivity contribution in [2.75, 3.05) is 0 Å². The predicted molar refractivity (Wildman–Crippen MR) is 62.8 cm³/mol. The third kappa shape index (κ3) is 1.99. The first-order valence-electron chi connectivity index (χ1n) is 5.03. The maximum Gasteiger partial charge on any atom is 0.228 e. The Morgan fingerprint density at radius 3 is 2.69 bits per heavy atom. The van der Waals surface area contributed by atoms with Gasteiger partial charge in [0.15, 0.2) is 5.82 Å². The van der Waals surface area contributed by atoms with Crippen LogP contribution in [0, 0.1) is 0 Å². The number of ketones is 1. The molecule has 4 heteroatoms. The number of benzene rings is 1. The van der Waals surface area contributed by atoms with Gasteiger partial charge in [0.2, 0.25) is 5.78 Å². The van der Waals surface area contributed by atoms with Crippen LogP contribution in [-0.2, 0) is 6.54 Å². The quantitative estimate of drug-likeness (QED) is 0.766. The molecule has 0 bridgehead atoms. The van der Waals surface area contributed by atoms with Crippen LogP contribution in [0.5, 0.6) is 0 Å². The summed E-state index contributed by atoms with van der Waals surface area (Å²) in [6.07, 6.45) is 3.43. The van der Waals surface area contributed by atoms with Crippen molar-refractivity contribution in [3.63, 3.8) is 0 Å². The fraction of sp³-hybridized carbons (Fsp3) is 0.167. The first-order valence-corrected chi connectivity index (χ1v) is 5.41. The van der Waals surface area contributed by atoms with E-state index in [1.165, 1.54) is 0 Å². The summed E-state index contributed by atoms with van der Waals surface area (Å²) in [5.41, 5.74) is 0.602. The van der Waals surface area contributed by atoms with Gasteiger partial charge < -0.3 is 4.57 Å². The summed E-state index contributed by atoms with van der Waals surface area (Å²) in [6.45, 7) is 2.70. The Morgan fingerprint density at radius 2 is 2.06 bits per heavy atom.